The van der Waals surface area contributed by atoms with Gasteiger partial charge in [0, 0.05) is 0 Å². The van der Waals surface area contributed by atoms with Crippen LogP contribution in [0.1, 0.15) is 13.8 Å². The summed E-state index contributed by atoms with van der Waals surface area (Å²) < 4.78 is 16.7. The molecule has 114 valence electrons. The lowest BCUT2D eigenvalue weighted by atomic mass is 10.1. The summed E-state index contributed by atoms with van der Waals surface area (Å²) in [6.45, 7) is 3.15. The van der Waals surface area contributed by atoms with Crippen LogP contribution in [0.3, 0.4) is 0 Å². The number of amides is 2. The summed E-state index contributed by atoms with van der Waals surface area (Å²) in [5.41, 5.74) is 10.3. The van der Waals surface area contributed by atoms with E-state index in [2.05, 4.69) is 5.32 Å². The van der Waals surface area contributed by atoms with Crippen LogP contribution in [0.2, 0.25) is 0 Å². The lowest BCUT2D eigenvalue weighted by molar-refractivity contribution is -0.194. The van der Waals surface area contributed by atoms with Crippen molar-refractivity contribution in [2.45, 2.75) is 50.2 Å². The number of primary amides is 1. The zero-order chi connectivity index (χ0) is 15.1. The molecular formula is C11H19N3O6. The summed E-state index contributed by atoms with van der Waals surface area (Å²) in [6, 6.07) is -1.47. The minimum atomic E-state index is -1.47. The van der Waals surface area contributed by atoms with Gasteiger partial charge in [-0.15, -0.1) is 0 Å². The third-order valence-corrected chi connectivity index (χ3v) is 3.20. The Morgan fingerprint density at radius 3 is 2.50 bits per heavy atom. The Balaban J connectivity index is 2.06. The Labute approximate surface area is 115 Å². The number of rotatable bonds is 4. The average molecular weight is 289 g/mol. The molecule has 9 heteroatoms. The normalized spacial score (nSPS) is 36.4. The fourth-order valence-corrected chi connectivity index (χ4v) is 2.30. The number of ether oxygens (including phenoxy) is 3. The van der Waals surface area contributed by atoms with E-state index in [1.807, 2.05) is 0 Å². The van der Waals surface area contributed by atoms with Crippen molar-refractivity contribution in [3.8, 4) is 0 Å². The quantitative estimate of drug-likeness (QED) is 0.407. The first kappa shape index (κ1) is 15.1. The highest BCUT2D eigenvalue weighted by molar-refractivity contribution is 6.03. The molecule has 0 spiro atoms. The van der Waals surface area contributed by atoms with Crippen LogP contribution < -0.4 is 16.8 Å². The molecule has 9 nitrogen and oxygen atoms in total. The predicted molar refractivity (Wildman–Crippen MR) is 64.9 cm³/mol. The van der Waals surface area contributed by atoms with E-state index < -0.39 is 48.2 Å². The van der Waals surface area contributed by atoms with Crippen molar-refractivity contribution in [2.75, 3.05) is 6.61 Å². The Hall–Kier alpha value is -1.26. The van der Waals surface area contributed by atoms with E-state index in [0.29, 0.717) is 0 Å². The van der Waals surface area contributed by atoms with Gasteiger partial charge < -0.3 is 36.1 Å². The Morgan fingerprint density at radius 1 is 1.35 bits per heavy atom. The van der Waals surface area contributed by atoms with Crippen molar-refractivity contribution >= 4 is 11.8 Å². The van der Waals surface area contributed by atoms with Crippen LogP contribution in [0.25, 0.3) is 0 Å². The summed E-state index contributed by atoms with van der Waals surface area (Å²) in [6.07, 6.45) is -2.59. The van der Waals surface area contributed by atoms with Gasteiger partial charge in [-0.25, -0.2) is 0 Å². The van der Waals surface area contributed by atoms with Crippen LogP contribution in [-0.2, 0) is 23.8 Å². The van der Waals surface area contributed by atoms with E-state index in [0.717, 1.165) is 0 Å². The van der Waals surface area contributed by atoms with Crippen LogP contribution in [0.15, 0.2) is 0 Å². The van der Waals surface area contributed by atoms with Gasteiger partial charge in [0.25, 0.3) is 0 Å². The van der Waals surface area contributed by atoms with Gasteiger partial charge >= 0.3 is 0 Å². The molecule has 2 fully saturated rings. The number of nitrogens with one attached hydrogen (secondary N) is 1. The number of nitrogens with two attached hydrogens (primary N) is 2. The van der Waals surface area contributed by atoms with Crippen molar-refractivity contribution in [1.29, 1.82) is 0 Å². The highest BCUT2D eigenvalue weighted by atomic mass is 16.8. The Bertz CT molecular complexity index is 415. The van der Waals surface area contributed by atoms with E-state index in [1.54, 1.807) is 13.8 Å². The second-order valence-corrected chi connectivity index (χ2v) is 5.23. The third-order valence-electron chi connectivity index (χ3n) is 3.20. The molecule has 6 N–H and O–H groups in total. The van der Waals surface area contributed by atoms with E-state index in [4.69, 9.17) is 25.7 Å². The number of carbonyl (C=O) groups is 2. The van der Waals surface area contributed by atoms with Gasteiger partial charge in [-0.1, -0.05) is 0 Å². The minimum absolute atomic E-state index is 0.283. The van der Waals surface area contributed by atoms with Crippen LogP contribution in [-0.4, -0.2) is 59.9 Å². The average Bonchev–Trinajstić information content (AvgIpc) is 2.82. The second kappa shape index (κ2) is 5.26. The smallest absolute Gasteiger partial charge is 0.248 e. The lowest BCUT2D eigenvalue weighted by Gasteiger charge is -2.24. The maximum absolute atomic E-state index is 11.7. The molecule has 2 amide bonds. The van der Waals surface area contributed by atoms with Crippen LogP contribution in [0, 0.1) is 0 Å². The molecule has 2 aliphatic rings. The van der Waals surface area contributed by atoms with Gasteiger partial charge in [-0.2, -0.15) is 0 Å². The van der Waals surface area contributed by atoms with E-state index in [-0.39, 0.29) is 6.61 Å². The van der Waals surface area contributed by atoms with Gasteiger partial charge in [-0.05, 0) is 13.8 Å². The van der Waals surface area contributed by atoms with Gasteiger partial charge in [0.15, 0.2) is 18.1 Å². The number of hydrogen-bond donors (Lipinski definition) is 4. The number of aliphatic hydroxyl groups is 1. The van der Waals surface area contributed by atoms with Crippen LogP contribution in [0.5, 0.6) is 0 Å². The van der Waals surface area contributed by atoms with E-state index in [1.165, 1.54) is 0 Å². The molecule has 5 atom stereocenters. The summed E-state index contributed by atoms with van der Waals surface area (Å²) in [5, 5.41) is 11.7. The monoisotopic (exact) mass is 289 g/mol. The molecule has 20 heavy (non-hydrogen) atoms. The van der Waals surface area contributed by atoms with E-state index in [9.17, 15) is 14.7 Å². The van der Waals surface area contributed by atoms with Crippen molar-refractivity contribution in [2.24, 2.45) is 11.5 Å². The first-order chi connectivity index (χ1) is 9.25. The highest BCUT2D eigenvalue weighted by Crippen LogP contribution is 2.37. The SMILES string of the molecule is CC1(C)O[C@@H]2[C@H](O1)[C@@H](CO)O[C@H]2NC(=O)C(N)C(N)=O. The molecule has 0 aromatic rings. The first-order valence-electron chi connectivity index (χ1n) is 6.22. The Morgan fingerprint density at radius 2 is 1.95 bits per heavy atom. The molecule has 2 aliphatic heterocycles. The first-order valence-corrected chi connectivity index (χ1v) is 6.22. The minimum Gasteiger partial charge on any atom is -0.394 e. The molecule has 2 heterocycles. The largest absolute Gasteiger partial charge is 0.394 e. The Kier molecular flexibility index (Phi) is 3.98. The maximum atomic E-state index is 11.7. The van der Waals surface area contributed by atoms with Gasteiger partial charge in [0.1, 0.15) is 18.3 Å². The lowest BCUT2D eigenvalue weighted by Crippen LogP contribution is -2.54. The summed E-state index contributed by atoms with van der Waals surface area (Å²) in [5.74, 6) is -2.56. The number of aliphatic hydroxyl groups excluding tert-OH is 1. The van der Waals surface area contributed by atoms with Crippen molar-refractivity contribution in [3.63, 3.8) is 0 Å². The number of fused-ring (bicyclic) bond motifs is 1. The van der Waals surface area contributed by atoms with Gasteiger partial charge in [0.2, 0.25) is 11.8 Å². The number of hydrogen-bond acceptors (Lipinski definition) is 7. The molecule has 0 aliphatic carbocycles. The molecule has 2 saturated heterocycles. The molecule has 2 rings (SSSR count). The highest BCUT2D eigenvalue weighted by Gasteiger charge is 2.55. The molecule has 0 bridgehead atoms. The van der Waals surface area contributed by atoms with E-state index >= 15 is 0 Å². The van der Waals surface area contributed by atoms with Crippen LogP contribution >= 0.6 is 0 Å². The molecule has 1 unspecified atom stereocenters. The standard InChI is InChI=1S/C11H19N3O6/c1-11(2)19-6-4(3-15)18-10(7(6)20-11)14-9(17)5(12)8(13)16/h4-7,10,15H,3,12H2,1-2H3,(H2,13,16)(H,14,17)/t4-,5?,6-,7-,10-/m1/s1. The summed E-state index contributed by atoms with van der Waals surface area (Å²) >= 11 is 0. The summed E-state index contributed by atoms with van der Waals surface area (Å²) in [4.78, 5) is 22.6. The van der Waals surface area contributed by atoms with Gasteiger partial charge in [-0.3, -0.25) is 9.59 Å². The second-order valence-electron chi connectivity index (χ2n) is 5.23. The molecular weight excluding hydrogens is 270 g/mol. The zero-order valence-electron chi connectivity index (χ0n) is 11.2. The van der Waals surface area contributed by atoms with Crippen molar-refractivity contribution in [3.05, 3.63) is 0 Å². The molecule has 0 aromatic heterocycles. The molecule has 0 aromatic carbocycles. The van der Waals surface area contributed by atoms with Crippen molar-refractivity contribution < 1.29 is 28.9 Å². The molecule has 0 radical (unpaired) electrons. The maximum Gasteiger partial charge on any atom is 0.248 e. The number of carbonyl (C=O) groups excluding carboxylic acids is 2. The topological polar surface area (TPSA) is 146 Å². The van der Waals surface area contributed by atoms with Crippen molar-refractivity contribution in [1.82, 2.24) is 5.32 Å². The predicted octanol–water partition coefficient (Wildman–Crippen LogP) is -2.85. The van der Waals surface area contributed by atoms with Crippen LogP contribution in [0.4, 0.5) is 0 Å². The molecule has 0 saturated carbocycles. The zero-order valence-corrected chi connectivity index (χ0v) is 11.2. The fraction of sp³-hybridized carbons (Fsp3) is 0.818. The summed E-state index contributed by atoms with van der Waals surface area (Å²) in [7, 11) is 0. The van der Waals surface area contributed by atoms with Gasteiger partial charge in [0.05, 0.1) is 6.61 Å². The third kappa shape index (κ3) is 2.76. The fourth-order valence-electron chi connectivity index (χ4n) is 2.30.